The second-order valence-electron chi connectivity index (χ2n) is 10.3. The molecule has 0 atom stereocenters. The molecule has 0 spiro atoms. The summed E-state index contributed by atoms with van der Waals surface area (Å²) in [7, 11) is 0. The highest BCUT2D eigenvalue weighted by Crippen LogP contribution is 2.41. The molecular weight excluding hydrogens is 346 g/mol. The highest BCUT2D eigenvalue weighted by molar-refractivity contribution is 6.34. The van der Waals surface area contributed by atoms with E-state index in [1.807, 2.05) is 0 Å². The van der Waals surface area contributed by atoms with Crippen molar-refractivity contribution in [1.82, 2.24) is 0 Å². The first-order valence-corrected chi connectivity index (χ1v) is 12.3. The molecule has 3 fully saturated rings. The lowest BCUT2D eigenvalue weighted by molar-refractivity contribution is -0.142. The molecule has 0 unspecified atom stereocenters. The van der Waals surface area contributed by atoms with Gasteiger partial charge in [0.05, 0.1) is 0 Å². The molecule has 0 aromatic heterocycles. The minimum atomic E-state index is -0.426. The van der Waals surface area contributed by atoms with Gasteiger partial charge >= 0.3 is 5.97 Å². The third-order valence-electron chi connectivity index (χ3n) is 8.22. The van der Waals surface area contributed by atoms with Crippen molar-refractivity contribution < 1.29 is 9.53 Å². The van der Waals surface area contributed by atoms with E-state index in [2.05, 4.69) is 6.92 Å². The van der Waals surface area contributed by atoms with Crippen LogP contribution in [-0.2, 0) is 9.53 Å². The predicted octanol–water partition coefficient (Wildman–Crippen LogP) is 6.93. The molecule has 1 N–H and O–H groups in total. The zero-order chi connectivity index (χ0) is 19.9. The van der Waals surface area contributed by atoms with Crippen LogP contribution in [0.4, 0.5) is 0 Å². The Labute approximate surface area is 172 Å². The van der Waals surface area contributed by atoms with Crippen LogP contribution in [0, 0.1) is 35.0 Å². The summed E-state index contributed by atoms with van der Waals surface area (Å²) < 4.78 is 5.43. The van der Waals surface area contributed by atoms with Crippen LogP contribution in [0.3, 0.4) is 0 Å². The van der Waals surface area contributed by atoms with Crippen molar-refractivity contribution in [3.05, 3.63) is 0 Å². The average Bonchev–Trinajstić information content (AvgIpc) is 2.71. The molecule has 3 rings (SSSR count). The summed E-state index contributed by atoms with van der Waals surface area (Å²) in [4.78, 5) is 11.6. The van der Waals surface area contributed by atoms with Crippen molar-refractivity contribution in [2.24, 2.45) is 29.6 Å². The van der Waals surface area contributed by atoms with Crippen LogP contribution in [-0.4, -0.2) is 17.8 Å². The molecule has 28 heavy (non-hydrogen) atoms. The molecule has 0 aromatic rings. The van der Waals surface area contributed by atoms with E-state index in [4.69, 9.17) is 10.1 Å². The average molecular weight is 390 g/mol. The maximum Gasteiger partial charge on any atom is 0.351 e. The summed E-state index contributed by atoms with van der Waals surface area (Å²) >= 11 is 0. The fraction of sp³-hybridized carbons (Fsp3) is 0.920. The van der Waals surface area contributed by atoms with E-state index in [1.54, 1.807) is 0 Å². The van der Waals surface area contributed by atoms with Gasteiger partial charge in [-0.3, -0.25) is 5.41 Å². The number of nitrogens with one attached hydrogen (secondary N) is 1. The summed E-state index contributed by atoms with van der Waals surface area (Å²) in [6.45, 7) is 3.88. The minimum Gasteiger partial charge on any atom is -0.458 e. The van der Waals surface area contributed by atoms with Crippen molar-refractivity contribution in [2.45, 2.75) is 116 Å². The monoisotopic (exact) mass is 389 g/mol. The summed E-state index contributed by atoms with van der Waals surface area (Å²) in [5, 5.41) is 7.37. The number of rotatable bonds is 7. The Kier molecular flexibility index (Phi) is 8.41. The summed E-state index contributed by atoms with van der Waals surface area (Å²) in [6, 6.07) is 0. The molecule has 160 valence electrons. The number of ether oxygens (including phenoxy) is 1. The number of hydrogen-bond donors (Lipinski definition) is 1. The molecule has 3 aliphatic carbocycles. The van der Waals surface area contributed by atoms with Crippen LogP contribution in [0.5, 0.6) is 0 Å². The zero-order valence-electron chi connectivity index (χ0n) is 18.4. The van der Waals surface area contributed by atoms with Gasteiger partial charge in [0.25, 0.3) is 0 Å². The molecule has 0 radical (unpaired) electrons. The van der Waals surface area contributed by atoms with Gasteiger partial charge in [0.2, 0.25) is 0 Å². The maximum absolute atomic E-state index is 11.6. The number of hydrogen-bond acceptors (Lipinski definition) is 3. The van der Waals surface area contributed by atoms with Crippen LogP contribution in [0.15, 0.2) is 0 Å². The van der Waals surface area contributed by atoms with Crippen molar-refractivity contribution in [3.8, 4) is 0 Å². The number of esters is 1. The lowest BCUT2D eigenvalue weighted by Crippen LogP contribution is -2.28. The highest BCUT2D eigenvalue weighted by Gasteiger charge is 2.30. The third-order valence-corrected chi connectivity index (χ3v) is 8.22. The van der Waals surface area contributed by atoms with Crippen molar-refractivity contribution in [2.75, 3.05) is 0 Å². The lowest BCUT2D eigenvalue weighted by Gasteiger charge is -2.36. The molecular formula is C25H43NO2. The Balaban J connectivity index is 1.29. The summed E-state index contributed by atoms with van der Waals surface area (Å²) in [5.74, 6) is 4.43. The zero-order valence-corrected chi connectivity index (χ0v) is 18.4. The van der Waals surface area contributed by atoms with Gasteiger partial charge < -0.3 is 4.74 Å². The minimum absolute atomic E-state index is 0.0253. The standard InChI is InChI=1S/C25H43NO2/c1-3-19-4-6-20(7-5-19)16-21-8-10-22(11-9-21)17-23-12-14-24(15-13-23)28-25(27)18(2)26/h19-24,26H,3-17H2,1-2H3. The quantitative estimate of drug-likeness (QED) is 0.379. The van der Waals surface area contributed by atoms with Crippen LogP contribution < -0.4 is 0 Å². The van der Waals surface area contributed by atoms with Crippen molar-refractivity contribution >= 4 is 11.7 Å². The summed E-state index contributed by atoms with van der Waals surface area (Å²) in [6.07, 6.45) is 20.6. The van der Waals surface area contributed by atoms with E-state index in [0.29, 0.717) is 0 Å². The number of carbonyl (C=O) groups is 1. The van der Waals surface area contributed by atoms with Gasteiger partial charge in [-0.05, 0) is 75.0 Å². The third kappa shape index (κ3) is 6.59. The first-order valence-electron chi connectivity index (χ1n) is 12.3. The molecule has 3 saturated carbocycles. The molecule has 3 nitrogen and oxygen atoms in total. The largest absolute Gasteiger partial charge is 0.458 e. The fourth-order valence-electron chi connectivity index (χ4n) is 6.25. The normalized spacial score (nSPS) is 36.6. The maximum atomic E-state index is 11.6. The van der Waals surface area contributed by atoms with Gasteiger partial charge in [0.15, 0.2) is 0 Å². The van der Waals surface area contributed by atoms with E-state index in [0.717, 1.165) is 42.4 Å². The van der Waals surface area contributed by atoms with Crippen LogP contribution >= 0.6 is 0 Å². The predicted molar refractivity (Wildman–Crippen MR) is 116 cm³/mol. The fourth-order valence-corrected chi connectivity index (χ4v) is 6.25. The van der Waals surface area contributed by atoms with Crippen LogP contribution in [0.1, 0.15) is 110 Å². The molecule has 0 saturated heterocycles. The Hall–Kier alpha value is -0.860. The highest BCUT2D eigenvalue weighted by atomic mass is 16.5. The smallest absolute Gasteiger partial charge is 0.351 e. The van der Waals surface area contributed by atoms with Gasteiger partial charge in [-0.15, -0.1) is 0 Å². The Bertz CT molecular complexity index is 493. The number of carbonyl (C=O) groups excluding carboxylic acids is 1. The molecule has 3 aliphatic rings. The van der Waals surface area contributed by atoms with E-state index in [9.17, 15) is 4.79 Å². The van der Waals surface area contributed by atoms with Gasteiger partial charge in [-0.1, -0.05) is 64.7 Å². The van der Waals surface area contributed by atoms with Gasteiger partial charge in [-0.2, -0.15) is 0 Å². The second kappa shape index (κ2) is 10.8. The first kappa shape index (κ1) is 21.8. The topological polar surface area (TPSA) is 50.2 Å². The van der Waals surface area contributed by atoms with Gasteiger partial charge in [-0.25, -0.2) is 4.79 Å². The van der Waals surface area contributed by atoms with E-state index < -0.39 is 5.97 Å². The van der Waals surface area contributed by atoms with Crippen molar-refractivity contribution in [3.63, 3.8) is 0 Å². The Morgan fingerprint density at radius 1 is 0.714 bits per heavy atom. The molecule has 0 heterocycles. The summed E-state index contributed by atoms with van der Waals surface area (Å²) in [5.41, 5.74) is 0.0253. The Morgan fingerprint density at radius 2 is 1.07 bits per heavy atom. The van der Waals surface area contributed by atoms with Crippen molar-refractivity contribution in [1.29, 1.82) is 5.41 Å². The molecule has 0 aliphatic heterocycles. The van der Waals surface area contributed by atoms with E-state index in [1.165, 1.54) is 90.4 Å². The first-order chi connectivity index (χ1) is 13.5. The molecule has 3 heteroatoms. The van der Waals surface area contributed by atoms with E-state index >= 15 is 0 Å². The van der Waals surface area contributed by atoms with Crippen LogP contribution in [0.25, 0.3) is 0 Å². The van der Waals surface area contributed by atoms with E-state index in [-0.39, 0.29) is 11.8 Å². The van der Waals surface area contributed by atoms with Crippen LogP contribution in [0.2, 0.25) is 0 Å². The molecule has 0 bridgehead atoms. The second-order valence-corrected chi connectivity index (χ2v) is 10.3. The van der Waals surface area contributed by atoms with Gasteiger partial charge in [0, 0.05) is 0 Å². The van der Waals surface area contributed by atoms with Gasteiger partial charge in [0.1, 0.15) is 11.8 Å². The Morgan fingerprint density at radius 3 is 1.43 bits per heavy atom. The molecule has 0 aromatic carbocycles. The SMILES string of the molecule is CCC1CCC(CC2CCC(CC3CCC(OC(=O)C(C)=N)CC3)CC2)CC1. The lowest BCUT2D eigenvalue weighted by atomic mass is 9.71. The molecule has 0 amide bonds.